The second kappa shape index (κ2) is 7.41. The molecule has 2 aliphatic rings. The van der Waals surface area contributed by atoms with Crippen molar-refractivity contribution in [2.45, 2.75) is 30.8 Å². The minimum atomic E-state index is -0.485. The van der Waals surface area contributed by atoms with Gasteiger partial charge in [-0.15, -0.1) is 0 Å². The lowest BCUT2D eigenvalue weighted by Crippen LogP contribution is -2.49. The van der Waals surface area contributed by atoms with Gasteiger partial charge >= 0.3 is 0 Å². The molecule has 6 nitrogen and oxygen atoms in total. The lowest BCUT2D eigenvalue weighted by atomic mass is 9.73. The van der Waals surface area contributed by atoms with Crippen molar-refractivity contribution < 1.29 is 14.3 Å². The van der Waals surface area contributed by atoms with Gasteiger partial charge in [0.1, 0.15) is 6.10 Å². The molecule has 1 aromatic heterocycles. The highest BCUT2D eigenvalue weighted by Crippen LogP contribution is 2.37. The molecule has 2 aromatic rings. The molecule has 0 radical (unpaired) electrons. The van der Waals surface area contributed by atoms with E-state index in [1.54, 1.807) is 18.6 Å². The zero-order chi connectivity index (χ0) is 17.8. The number of likely N-dealkylation sites (tertiary alicyclic amines) is 1. The Kier molecular flexibility index (Phi) is 4.84. The van der Waals surface area contributed by atoms with Crippen LogP contribution in [-0.2, 0) is 14.9 Å². The van der Waals surface area contributed by atoms with Gasteiger partial charge < -0.3 is 14.4 Å². The Morgan fingerprint density at radius 2 is 2.00 bits per heavy atom. The summed E-state index contributed by atoms with van der Waals surface area (Å²) in [5, 5.41) is 0. The largest absolute Gasteiger partial charge is 0.471 e. The first kappa shape index (κ1) is 17.0. The molecular weight excluding hydrogens is 330 g/mol. The molecule has 26 heavy (non-hydrogen) atoms. The Balaban J connectivity index is 1.50. The van der Waals surface area contributed by atoms with Crippen molar-refractivity contribution in [1.82, 2.24) is 14.9 Å². The van der Waals surface area contributed by atoms with E-state index >= 15 is 0 Å². The number of amides is 1. The molecule has 0 aliphatic carbocycles. The first-order chi connectivity index (χ1) is 12.8. The van der Waals surface area contributed by atoms with Crippen LogP contribution in [0.25, 0.3) is 0 Å². The van der Waals surface area contributed by atoms with E-state index < -0.39 is 5.41 Å². The maximum atomic E-state index is 13.5. The molecule has 2 fully saturated rings. The zero-order valence-corrected chi connectivity index (χ0v) is 14.7. The van der Waals surface area contributed by atoms with Gasteiger partial charge in [-0.25, -0.2) is 4.98 Å². The SMILES string of the molecule is O=C(N1CC[C@@H](Oc2cnccn2)C1)C1(c2ccccc2)CCOCC1. The van der Waals surface area contributed by atoms with E-state index in [1.807, 2.05) is 23.1 Å². The predicted octanol–water partition coefficient (Wildman–Crippen LogP) is 2.20. The summed E-state index contributed by atoms with van der Waals surface area (Å²) in [4.78, 5) is 23.6. The van der Waals surface area contributed by atoms with Gasteiger partial charge in [-0.05, 0) is 18.4 Å². The maximum Gasteiger partial charge on any atom is 0.233 e. The monoisotopic (exact) mass is 353 g/mol. The third kappa shape index (κ3) is 3.29. The van der Waals surface area contributed by atoms with Crippen molar-refractivity contribution in [2.24, 2.45) is 0 Å². The number of carbonyl (C=O) groups excluding carboxylic acids is 1. The van der Waals surface area contributed by atoms with Crippen molar-refractivity contribution in [3.8, 4) is 5.88 Å². The van der Waals surface area contributed by atoms with E-state index in [0.717, 1.165) is 24.8 Å². The fourth-order valence-corrected chi connectivity index (χ4v) is 3.93. The van der Waals surface area contributed by atoms with Crippen LogP contribution >= 0.6 is 0 Å². The standard InChI is InChI=1S/C20H23N3O3/c24-19(20(7-12-25-13-8-20)16-4-2-1-3-5-16)23-11-6-17(15-23)26-18-14-21-9-10-22-18/h1-5,9-10,14,17H,6-8,11-13,15H2/t17-/m1/s1. The van der Waals surface area contributed by atoms with E-state index in [9.17, 15) is 4.79 Å². The number of nitrogens with zero attached hydrogens (tertiary/aromatic N) is 3. The van der Waals surface area contributed by atoms with Gasteiger partial charge in [0.05, 0.1) is 18.2 Å². The Labute approximate surface area is 153 Å². The van der Waals surface area contributed by atoms with Crippen molar-refractivity contribution in [3.63, 3.8) is 0 Å². The number of rotatable bonds is 4. The second-order valence-corrected chi connectivity index (χ2v) is 6.88. The normalized spacial score (nSPS) is 22.2. The van der Waals surface area contributed by atoms with Crippen LogP contribution in [0.5, 0.6) is 5.88 Å². The van der Waals surface area contributed by atoms with Crippen LogP contribution in [-0.4, -0.2) is 53.2 Å². The van der Waals surface area contributed by atoms with Gasteiger partial charge in [-0.1, -0.05) is 30.3 Å². The van der Waals surface area contributed by atoms with Crippen molar-refractivity contribution >= 4 is 5.91 Å². The fraction of sp³-hybridized carbons (Fsp3) is 0.450. The number of benzene rings is 1. The summed E-state index contributed by atoms with van der Waals surface area (Å²) in [5.74, 6) is 0.702. The average Bonchev–Trinajstić information content (AvgIpc) is 3.18. The smallest absolute Gasteiger partial charge is 0.233 e. The van der Waals surface area contributed by atoms with E-state index in [1.165, 1.54) is 0 Å². The number of hydrogen-bond donors (Lipinski definition) is 0. The second-order valence-electron chi connectivity index (χ2n) is 6.88. The third-order valence-electron chi connectivity index (χ3n) is 5.34. The van der Waals surface area contributed by atoms with Gasteiger partial charge in [-0.2, -0.15) is 0 Å². The molecule has 4 rings (SSSR count). The van der Waals surface area contributed by atoms with Gasteiger partial charge in [0.15, 0.2) is 0 Å². The van der Waals surface area contributed by atoms with Gasteiger partial charge in [0, 0.05) is 38.6 Å². The average molecular weight is 353 g/mol. The number of hydrogen-bond acceptors (Lipinski definition) is 5. The molecule has 3 heterocycles. The topological polar surface area (TPSA) is 64.6 Å². The summed E-state index contributed by atoms with van der Waals surface area (Å²) in [6.45, 7) is 2.53. The molecule has 2 saturated heterocycles. The van der Waals surface area contributed by atoms with E-state index in [4.69, 9.17) is 9.47 Å². The molecule has 2 aliphatic heterocycles. The molecule has 0 bridgehead atoms. The lowest BCUT2D eigenvalue weighted by Gasteiger charge is -2.39. The summed E-state index contributed by atoms with van der Waals surface area (Å²) in [5.41, 5.74) is 0.604. The molecule has 6 heteroatoms. The molecule has 0 N–H and O–H groups in total. The number of carbonyl (C=O) groups is 1. The third-order valence-corrected chi connectivity index (χ3v) is 5.34. The summed E-state index contributed by atoms with van der Waals surface area (Å²) < 4.78 is 11.4. The first-order valence-electron chi connectivity index (χ1n) is 9.13. The molecule has 136 valence electrons. The van der Waals surface area contributed by atoms with Gasteiger partial charge in [0.2, 0.25) is 11.8 Å². The Hall–Kier alpha value is -2.47. The summed E-state index contributed by atoms with van der Waals surface area (Å²) in [6.07, 6.45) is 7.05. The molecule has 0 unspecified atom stereocenters. The zero-order valence-electron chi connectivity index (χ0n) is 14.7. The summed E-state index contributed by atoms with van der Waals surface area (Å²) in [7, 11) is 0. The van der Waals surface area contributed by atoms with Crippen LogP contribution in [0, 0.1) is 0 Å². The Bertz CT molecular complexity index is 732. The van der Waals surface area contributed by atoms with Crippen LogP contribution in [0.2, 0.25) is 0 Å². The minimum absolute atomic E-state index is 0.0386. The molecule has 0 spiro atoms. The molecule has 1 atom stereocenters. The summed E-state index contributed by atoms with van der Waals surface area (Å²) in [6, 6.07) is 10.1. The number of ether oxygens (including phenoxy) is 2. The van der Waals surface area contributed by atoms with Gasteiger partial charge in [0.25, 0.3) is 0 Å². The van der Waals surface area contributed by atoms with Crippen LogP contribution in [0.4, 0.5) is 0 Å². The van der Waals surface area contributed by atoms with E-state index in [2.05, 4.69) is 22.1 Å². The predicted molar refractivity (Wildman–Crippen MR) is 95.8 cm³/mol. The number of aromatic nitrogens is 2. The van der Waals surface area contributed by atoms with Crippen molar-refractivity contribution in [3.05, 3.63) is 54.5 Å². The van der Waals surface area contributed by atoms with Crippen LogP contribution in [0.3, 0.4) is 0 Å². The first-order valence-corrected chi connectivity index (χ1v) is 9.13. The molecule has 1 amide bonds. The van der Waals surface area contributed by atoms with Gasteiger partial charge in [-0.3, -0.25) is 9.78 Å². The summed E-state index contributed by atoms with van der Waals surface area (Å²) >= 11 is 0. The molecular formula is C20H23N3O3. The van der Waals surface area contributed by atoms with Crippen LogP contribution in [0.1, 0.15) is 24.8 Å². The van der Waals surface area contributed by atoms with Crippen molar-refractivity contribution in [2.75, 3.05) is 26.3 Å². The van der Waals surface area contributed by atoms with E-state index in [0.29, 0.717) is 32.2 Å². The Morgan fingerprint density at radius 3 is 2.73 bits per heavy atom. The fourth-order valence-electron chi connectivity index (χ4n) is 3.93. The highest BCUT2D eigenvalue weighted by Gasteiger charge is 2.45. The molecule has 1 aromatic carbocycles. The van der Waals surface area contributed by atoms with Crippen molar-refractivity contribution in [1.29, 1.82) is 0 Å². The maximum absolute atomic E-state index is 13.5. The highest BCUT2D eigenvalue weighted by atomic mass is 16.5. The van der Waals surface area contributed by atoms with Crippen LogP contribution in [0.15, 0.2) is 48.9 Å². The van der Waals surface area contributed by atoms with E-state index in [-0.39, 0.29) is 12.0 Å². The molecule has 0 saturated carbocycles. The van der Waals surface area contributed by atoms with Crippen LogP contribution < -0.4 is 4.74 Å². The quantitative estimate of drug-likeness (QED) is 0.843. The lowest BCUT2D eigenvalue weighted by molar-refractivity contribution is -0.140. The Morgan fingerprint density at radius 1 is 1.19 bits per heavy atom. The minimum Gasteiger partial charge on any atom is -0.471 e. The highest BCUT2D eigenvalue weighted by molar-refractivity contribution is 5.88.